The zero-order chi connectivity index (χ0) is 17.8. The van der Waals surface area contributed by atoms with E-state index in [1.54, 1.807) is 6.07 Å². The molecule has 0 saturated carbocycles. The summed E-state index contributed by atoms with van der Waals surface area (Å²) in [5.74, 6) is 0.0993. The summed E-state index contributed by atoms with van der Waals surface area (Å²) < 4.78 is 0.948. The Bertz CT molecular complexity index is 964. The molecular weight excluding hydrogens is 408 g/mol. The number of amides is 1. The lowest BCUT2D eigenvalue weighted by Crippen LogP contribution is -2.20. The van der Waals surface area contributed by atoms with E-state index in [9.17, 15) is 4.79 Å². The van der Waals surface area contributed by atoms with Gasteiger partial charge in [-0.25, -0.2) is 0 Å². The van der Waals surface area contributed by atoms with Gasteiger partial charge in [-0.15, -0.1) is 10.2 Å². The molecule has 0 bridgehead atoms. The molecule has 0 aliphatic rings. The van der Waals surface area contributed by atoms with E-state index in [-0.39, 0.29) is 17.5 Å². The molecule has 3 aromatic rings. The summed E-state index contributed by atoms with van der Waals surface area (Å²) in [6.45, 7) is -0.0961. The van der Waals surface area contributed by atoms with Crippen LogP contribution < -0.4 is 5.32 Å². The first kappa shape index (κ1) is 17.1. The summed E-state index contributed by atoms with van der Waals surface area (Å²) in [6.07, 6.45) is 0. The summed E-state index contributed by atoms with van der Waals surface area (Å²) >= 11 is 9.30. The molecule has 1 N–H and O–H groups in total. The van der Waals surface area contributed by atoms with Gasteiger partial charge in [-0.2, -0.15) is 10.1 Å². The Morgan fingerprint density at radius 2 is 2.04 bits per heavy atom. The van der Waals surface area contributed by atoms with Gasteiger partial charge in [-0.3, -0.25) is 4.79 Å². The molecular formula is C16H10BrClN6O. The van der Waals surface area contributed by atoms with Crippen LogP contribution in [0.2, 0.25) is 5.02 Å². The zero-order valence-electron chi connectivity index (χ0n) is 12.6. The number of nitrogens with one attached hydrogen (secondary N) is 1. The smallest absolute Gasteiger partial charge is 0.248 e. The van der Waals surface area contributed by atoms with Crippen LogP contribution in [0.15, 0.2) is 46.9 Å². The molecule has 124 valence electrons. The Balaban J connectivity index is 1.66. The molecule has 3 rings (SSSR count). The maximum atomic E-state index is 12.1. The molecule has 0 fully saturated rings. The van der Waals surface area contributed by atoms with Crippen LogP contribution in [0, 0.1) is 11.3 Å². The number of tetrazole rings is 1. The lowest BCUT2D eigenvalue weighted by Gasteiger charge is -2.05. The van der Waals surface area contributed by atoms with E-state index in [4.69, 9.17) is 16.9 Å². The number of benzene rings is 2. The summed E-state index contributed by atoms with van der Waals surface area (Å²) in [6, 6.07) is 14.1. The van der Waals surface area contributed by atoms with Crippen LogP contribution in [0.25, 0.3) is 11.4 Å². The summed E-state index contributed by atoms with van der Waals surface area (Å²) in [5.41, 5.74) is 1.63. The van der Waals surface area contributed by atoms with Crippen LogP contribution in [0.4, 0.5) is 5.69 Å². The Labute approximate surface area is 156 Å². The number of rotatable bonds is 4. The normalized spacial score (nSPS) is 10.3. The zero-order valence-corrected chi connectivity index (χ0v) is 15.0. The molecule has 25 heavy (non-hydrogen) atoms. The number of hydrogen-bond acceptors (Lipinski definition) is 5. The topological polar surface area (TPSA) is 96.5 Å². The monoisotopic (exact) mass is 416 g/mol. The molecule has 1 heterocycles. The lowest BCUT2D eigenvalue weighted by molar-refractivity contribution is -0.117. The number of halogens is 2. The predicted octanol–water partition coefficient (Wildman–Crippen LogP) is 3.27. The second-order valence-electron chi connectivity index (χ2n) is 5.00. The molecule has 0 unspecified atom stereocenters. The minimum Gasteiger partial charge on any atom is -0.324 e. The lowest BCUT2D eigenvalue weighted by atomic mass is 10.2. The fourth-order valence-electron chi connectivity index (χ4n) is 2.04. The predicted molar refractivity (Wildman–Crippen MR) is 95.7 cm³/mol. The van der Waals surface area contributed by atoms with E-state index < -0.39 is 0 Å². The standard InChI is InChI=1S/C16H10BrClN6O/c17-12-4-1-10(2-5-12)16-21-23-24(22-16)9-15(25)20-13-6-3-11(8-19)14(18)7-13/h1-7H,9H2,(H,20,25). The highest BCUT2D eigenvalue weighted by Crippen LogP contribution is 2.20. The van der Waals surface area contributed by atoms with Crippen molar-refractivity contribution in [1.29, 1.82) is 5.26 Å². The van der Waals surface area contributed by atoms with Crippen molar-refractivity contribution in [2.24, 2.45) is 0 Å². The van der Waals surface area contributed by atoms with E-state index in [1.165, 1.54) is 16.9 Å². The van der Waals surface area contributed by atoms with Gasteiger partial charge in [0.05, 0.1) is 10.6 Å². The van der Waals surface area contributed by atoms with Crippen LogP contribution in [0.3, 0.4) is 0 Å². The molecule has 0 radical (unpaired) electrons. The quantitative estimate of drug-likeness (QED) is 0.703. The average molecular weight is 418 g/mol. The third kappa shape index (κ3) is 4.21. The SMILES string of the molecule is N#Cc1ccc(NC(=O)Cn2nnc(-c3ccc(Br)cc3)n2)cc1Cl. The Morgan fingerprint density at radius 1 is 1.28 bits per heavy atom. The second-order valence-corrected chi connectivity index (χ2v) is 6.33. The van der Waals surface area contributed by atoms with Gasteiger partial charge >= 0.3 is 0 Å². The molecule has 0 aliphatic heterocycles. The first-order valence-electron chi connectivity index (χ1n) is 7.08. The maximum Gasteiger partial charge on any atom is 0.248 e. The van der Waals surface area contributed by atoms with Gasteiger partial charge in [-0.05, 0) is 47.7 Å². The van der Waals surface area contributed by atoms with Crippen LogP contribution >= 0.6 is 27.5 Å². The first-order chi connectivity index (χ1) is 12.0. The van der Waals surface area contributed by atoms with E-state index in [0.717, 1.165) is 10.0 Å². The van der Waals surface area contributed by atoms with E-state index in [0.29, 0.717) is 17.1 Å². The fourth-order valence-corrected chi connectivity index (χ4v) is 2.52. The van der Waals surface area contributed by atoms with Crippen molar-refractivity contribution in [3.05, 3.63) is 57.5 Å². The van der Waals surface area contributed by atoms with Gasteiger partial charge in [-0.1, -0.05) is 27.5 Å². The number of nitrogens with zero attached hydrogens (tertiary/aromatic N) is 5. The summed E-state index contributed by atoms with van der Waals surface area (Å²) in [7, 11) is 0. The van der Waals surface area contributed by atoms with Gasteiger partial charge in [0.25, 0.3) is 0 Å². The highest BCUT2D eigenvalue weighted by atomic mass is 79.9. The van der Waals surface area contributed by atoms with Crippen LogP contribution in [0.1, 0.15) is 5.56 Å². The number of nitriles is 1. The van der Waals surface area contributed by atoms with Crippen molar-refractivity contribution in [2.75, 3.05) is 5.32 Å². The van der Waals surface area contributed by atoms with Crippen LogP contribution in [-0.2, 0) is 11.3 Å². The van der Waals surface area contributed by atoms with Crippen LogP contribution in [-0.4, -0.2) is 26.1 Å². The molecule has 7 nitrogen and oxygen atoms in total. The Kier molecular flexibility index (Phi) is 5.07. The number of carbonyl (C=O) groups excluding carboxylic acids is 1. The molecule has 0 atom stereocenters. The molecule has 1 aromatic heterocycles. The van der Waals surface area contributed by atoms with E-state index in [1.807, 2.05) is 30.3 Å². The number of hydrogen-bond donors (Lipinski definition) is 1. The van der Waals surface area contributed by atoms with Crippen LogP contribution in [0.5, 0.6) is 0 Å². The van der Waals surface area contributed by atoms with E-state index >= 15 is 0 Å². The first-order valence-corrected chi connectivity index (χ1v) is 8.25. The molecule has 0 spiro atoms. The van der Waals surface area contributed by atoms with Gasteiger partial charge in [0, 0.05) is 15.7 Å². The van der Waals surface area contributed by atoms with Gasteiger partial charge in [0.2, 0.25) is 11.7 Å². The molecule has 1 amide bonds. The Morgan fingerprint density at radius 3 is 2.72 bits per heavy atom. The second kappa shape index (κ2) is 7.42. The minimum absolute atomic E-state index is 0.0961. The van der Waals surface area contributed by atoms with Gasteiger partial charge in [0.15, 0.2) is 0 Å². The van der Waals surface area contributed by atoms with Crippen molar-refractivity contribution in [1.82, 2.24) is 20.2 Å². The minimum atomic E-state index is -0.333. The van der Waals surface area contributed by atoms with Crippen molar-refractivity contribution in [3.8, 4) is 17.5 Å². The highest BCUT2D eigenvalue weighted by Gasteiger charge is 2.10. The number of aromatic nitrogens is 4. The van der Waals surface area contributed by atoms with Gasteiger partial charge in [0.1, 0.15) is 12.6 Å². The third-order valence-electron chi connectivity index (χ3n) is 3.21. The molecule has 9 heteroatoms. The van der Waals surface area contributed by atoms with Crippen molar-refractivity contribution >= 4 is 39.1 Å². The number of carbonyl (C=O) groups is 1. The van der Waals surface area contributed by atoms with Crippen molar-refractivity contribution in [2.45, 2.75) is 6.54 Å². The summed E-state index contributed by atoms with van der Waals surface area (Å²) in [5, 5.41) is 23.8. The maximum absolute atomic E-state index is 12.1. The highest BCUT2D eigenvalue weighted by molar-refractivity contribution is 9.10. The van der Waals surface area contributed by atoms with Crippen molar-refractivity contribution in [3.63, 3.8) is 0 Å². The Hall–Kier alpha value is -2.76. The van der Waals surface area contributed by atoms with E-state index in [2.05, 4.69) is 36.7 Å². The van der Waals surface area contributed by atoms with Gasteiger partial charge < -0.3 is 5.32 Å². The largest absolute Gasteiger partial charge is 0.324 e. The molecule has 0 aliphatic carbocycles. The summed E-state index contributed by atoms with van der Waals surface area (Å²) in [4.78, 5) is 13.3. The van der Waals surface area contributed by atoms with Crippen molar-refractivity contribution < 1.29 is 4.79 Å². The molecule has 2 aromatic carbocycles. The third-order valence-corrected chi connectivity index (χ3v) is 4.05. The number of anilines is 1. The fraction of sp³-hybridized carbons (Fsp3) is 0.0625. The average Bonchev–Trinajstić information content (AvgIpc) is 3.04. The molecule has 0 saturated heterocycles.